The van der Waals surface area contributed by atoms with Gasteiger partial charge in [0, 0.05) is 16.9 Å². The molecular weight excluding hydrogens is 428 g/mol. The van der Waals surface area contributed by atoms with Gasteiger partial charge in [0.25, 0.3) is 5.91 Å². The molecule has 1 fully saturated rings. The summed E-state index contributed by atoms with van der Waals surface area (Å²) in [5, 5.41) is 3.18. The zero-order valence-electron chi connectivity index (χ0n) is 17.0. The molecule has 7 heteroatoms. The fraction of sp³-hybridized carbons (Fsp3) is 0.0800. The summed E-state index contributed by atoms with van der Waals surface area (Å²) < 4.78 is 4.95. The van der Waals surface area contributed by atoms with Crippen LogP contribution in [0, 0.1) is 0 Å². The fourth-order valence-electron chi connectivity index (χ4n) is 3.29. The van der Waals surface area contributed by atoms with Crippen molar-refractivity contribution in [3.63, 3.8) is 0 Å². The Morgan fingerprint density at radius 2 is 1.81 bits per heavy atom. The van der Waals surface area contributed by atoms with Crippen LogP contribution in [0.15, 0.2) is 78.9 Å². The zero-order chi connectivity index (χ0) is 22.5. The Kier molecular flexibility index (Phi) is 6.33. The van der Waals surface area contributed by atoms with Gasteiger partial charge in [0.15, 0.2) is 5.78 Å². The molecule has 3 aromatic carbocycles. The maximum atomic E-state index is 12.6. The Morgan fingerprint density at radius 1 is 1.00 bits per heavy atom. The van der Waals surface area contributed by atoms with E-state index < -0.39 is 6.09 Å². The third kappa shape index (κ3) is 4.87. The highest BCUT2D eigenvalue weighted by atomic mass is 35.5. The van der Waals surface area contributed by atoms with Crippen molar-refractivity contribution in [3.05, 3.63) is 101 Å². The molecule has 0 radical (unpaired) electrons. The molecule has 1 aliphatic rings. The predicted octanol–water partition coefficient (Wildman–Crippen LogP) is 5.45. The molecule has 1 saturated heterocycles. The van der Waals surface area contributed by atoms with Crippen LogP contribution >= 0.6 is 11.6 Å². The molecular formula is C25H19ClN2O4. The van der Waals surface area contributed by atoms with E-state index in [2.05, 4.69) is 5.32 Å². The number of ether oxygens (including phenoxy) is 1. The third-order valence-electron chi connectivity index (χ3n) is 4.89. The van der Waals surface area contributed by atoms with E-state index in [4.69, 9.17) is 16.3 Å². The maximum Gasteiger partial charge on any atom is 0.414 e. The first-order valence-electron chi connectivity index (χ1n) is 9.94. The summed E-state index contributed by atoms with van der Waals surface area (Å²) in [5.74, 6) is -0.519. The number of ketones is 1. The largest absolute Gasteiger partial charge is 0.447 e. The Morgan fingerprint density at radius 3 is 2.59 bits per heavy atom. The number of halogens is 1. The standard InChI is InChI=1S/C25H19ClN2O4/c26-22-10-2-1-9-21(22)24(30)27-19-7-3-5-17(15-19)11-12-23(29)18-6-4-8-20(16-18)28-13-14-32-25(28)31/h1-12,15-16H,13-14H2,(H,27,30)/b12-11+. The van der Waals surface area contributed by atoms with E-state index in [1.165, 1.54) is 11.0 Å². The fourth-order valence-corrected chi connectivity index (χ4v) is 3.51. The number of benzene rings is 3. The Balaban J connectivity index is 1.46. The van der Waals surface area contributed by atoms with Crippen LogP contribution in [-0.4, -0.2) is 30.9 Å². The van der Waals surface area contributed by atoms with Gasteiger partial charge in [-0.3, -0.25) is 14.5 Å². The van der Waals surface area contributed by atoms with E-state index in [1.54, 1.807) is 72.8 Å². The average Bonchev–Trinajstić information content (AvgIpc) is 3.24. The van der Waals surface area contributed by atoms with Crippen LogP contribution in [0.25, 0.3) is 6.08 Å². The lowest BCUT2D eigenvalue weighted by Crippen LogP contribution is -2.23. The van der Waals surface area contributed by atoms with E-state index in [0.717, 1.165) is 5.56 Å². The minimum absolute atomic E-state index is 0.204. The van der Waals surface area contributed by atoms with E-state index in [1.807, 2.05) is 6.07 Å². The zero-order valence-corrected chi connectivity index (χ0v) is 17.7. The first-order chi connectivity index (χ1) is 15.5. The lowest BCUT2D eigenvalue weighted by atomic mass is 10.1. The summed E-state index contributed by atoms with van der Waals surface area (Å²) in [4.78, 5) is 38.3. The van der Waals surface area contributed by atoms with Crippen molar-refractivity contribution in [2.75, 3.05) is 23.4 Å². The van der Waals surface area contributed by atoms with Crippen LogP contribution in [0.4, 0.5) is 16.2 Å². The first kappa shape index (κ1) is 21.3. The number of rotatable bonds is 6. The molecule has 0 aromatic heterocycles. The van der Waals surface area contributed by atoms with Gasteiger partial charge in [-0.2, -0.15) is 0 Å². The molecule has 1 aliphatic heterocycles. The minimum Gasteiger partial charge on any atom is -0.447 e. The average molecular weight is 447 g/mol. The van der Waals surface area contributed by atoms with Gasteiger partial charge in [0.1, 0.15) is 6.61 Å². The van der Waals surface area contributed by atoms with E-state index in [-0.39, 0.29) is 11.7 Å². The summed E-state index contributed by atoms with van der Waals surface area (Å²) in [6, 6.07) is 20.8. The van der Waals surface area contributed by atoms with Crippen LogP contribution in [0.3, 0.4) is 0 Å². The van der Waals surface area contributed by atoms with Crippen molar-refractivity contribution in [2.24, 2.45) is 0 Å². The first-order valence-corrected chi connectivity index (χ1v) is 10.3. The molecule has 3 aromatic rings. The normalized spacial score (nSPS) is 13.3. The van der Waals surface area contributed by atoms with E-state index >= 15 is 0 Å². The number of carbonyl (C=O) groups excluding carboxylic acids is 3. The number of hydrogen-bond donors (Lipinski definition) is 1. The Bertz CT molecular complexity index is 1220. The molecule has 0 aliphatic carbocycles. The molecule has 0 bridgehead atoms. The van der Waals surface area contributed by atoms with Crippen LogP contribution < -0.4 is 10.2 Å². The number of hydrogen-bond acceptors (Lipinski definition) is 4. The molecule has 0 saturated carbocycles. The van der Waals surface area contributed by atoms with Gasteiger partial charge in [-0.1, -0.05) is 54.1 Å². The molecule has 0 unspecified atom stereocenters. The highest BCUT2D eigenvalue weighted by molar-refractivity contribution is 6.34. The Labute approximate surface area is 190 Å². The Hall–Kier alpha value is -3.90. The van der Waals surface area contributed by atoms with Crippen LogP contribution in [0.2, 0.25) is 5.02 Å². The van der Waals surface area contributed by atoms with Gasteiger partial charge in [0.05, 0.1) is 17.1 Å². The van der Waals surface area contributed by atoms with Crippen molar-refractivity contribution in [1.82, 2.24) is 0 Å². The molecule has 160 valence electrons. The molecule has 6 nitrogen and oxygen atoms in total. The number of cyclic esters (lactones) is 1. The quantitative estimate of drug-likeness (QED) is 0.404. The second-order valence-electron chi connectivity index (χ2n) is 7.07. The van der Waals surface area contributed by atoms with Crippen LogP contribution in [-0.2, 0) is 4.74 Å². The summed E-state index contributed by atoms with van der Waals surface area (Å²) in [5.41, 5.74) is 2.79. The van der Waals surface area contributed by atoms with Crippen molar-refractivity contribution in [3.8, 4) is 0 Å². The van der Waals surface area contributed by atoms with Gasteiger partial charge in [-0.05, 0) is 48.0 Å². The monoisotopic (exact) mass is 446 g/mol. The van der Waals surface area contributed by atoms with Crippen LogP contribution in [0.5, 0.6) is 0 Å². The predicted molar refractivity (Wildman–Crippen MR) is 124 cm³/mol. The topological polar surface area (TPSA) is 75.7 Å². The van der Waals surface area contributed by atoms with Gasteiger partial charge in [0.2, 0.25) is 0 Å². The summed E-state index contributed by atoms with van der Waals surface area (Å²) in [6.07, 6.45) is 2.71. The smallest absolute Gasteiger partial charge is 0.414 e. The molecule has 4 rings (SSSR count). The number of amides is 2. The van der Waals surface area contributed by atoms with Crippen molar-refractivity contribution < 1.29 is 19.1 Å². The van der Waals surface area contributed by atoms with Gasteiger partial charge >= 0.3 is 6.09 Å². The summed E-state index contributed by atoms with van der Waals surface area (Å²) in [6.45, 7) is 0.791. The molecule has 2 amide bonds. The van der Waals surface area contributed by atoms with Gasteiger partial charge in [-0.15, -0.1) is 0 Å². The second kappa shape index (κ2) is 9.49. The third-order valence-corrected chi connectivity index (χ3v) is 5.22. The highest BCUT2D eigenvalue weighted by Crippen LogP contribution is 2.21. The summed E-state index contributed by atoms with van der Waals surface area (Å²) in [7, 11) is 0. The summed E-state index contributed by atoms with van der Waals surface area (Å²) >= 11 is 6.08. The van der Waals surface area contributed by atoms with Gasteiger partial charge < -0.3 is 10.1 Å². The number of allylic oxidation sites excluding steroid dienone is 1. The van der Waals surface area contributed by atoms with Crippen LogP contribution in [0.1, 0.15) is 26.3 Å². The maximum absolute atomic E-state index is 12.6. The second-order valence-corrected chi connectivity index (χ2v) is 7.48. The number of anilines is 2. The molecule has 0 spiro atoms. The molecule has 32 heavy (non-hydrogen) atoms. The lowest BCUT2D eigenvalue weighted by Gasteiger charge is -2.13. The van der Waals surface area contributed by atoms with Crippen molar-refractivity contribution in [1.29, 1.82) is 0 Å². The van der Waals surface area contributed by atoms with Crippen molar-refractivity contribution >= 4 is 46.8 Å². The lowest BCUT2D eigenvalue weighted by molar-refractivity contribution is 0.102. The van der Waals surface area contributed by atoms with Crippen molar-refractivity contribution in [2.45, 2.75) is 0 Å². The van der Waals surface area contributed by atoms with E-state index in [0.29, 0.717) is 40.7 Å². The van der Waals surface area contributed by atoms with E-state index in [9.17, 15) is 14.4 Å². The molecule has 1 N–H and O–H groups in total. The molecule has 1 heterocycles. The molecule has 0 atom stereocenters. The SMILES string of the molecule is O=C(/C=C/c1cccc(NC(=O)c2ccccc2Cl)c1)c1cccc(N2CCOC2=O)c1. The number of nitrogens with zero attached hydrogens (tertiary/aromatic N) is 1. The minimum atomic E-state index is -0.416. The highest BCUT2D eigenvalue weighted by Gasteiger charge is 2.23. The number of nitrogens with one attached hydrogen (secondary N) is 1. The number of carbonyl (C=O) groups is 3. The van der Waals surface area contributed by atoms with Gasteiger partial charge in [-0.25, -0.2) is 4.79 Å².